The molecule has 0 aliphatic heterocycles. The number of halogens is 2. The normalized spacial score (nSPS) is 12.8. The van der Waals surface area contributed by atoms with E-state index in [4.69, 9.17) is 4.74 Å². The van der Waals surface area contributed by atoms with Crippen molar-refractivity contribution in [3.8, 4) is 0 Å². The van der Waals surface area contributed by atoms with Crippen molar-refractivity contribution in [2.45, 2.75) is 25.9 Å². The summed E-state index contributed by atoms with van der Waals surface area (Å²) in [7, 11) is 1.64. The maximum absolute atomic E-state index is 13.2. The Kier molecular flexibility index (Phi) is 5.35. The number of methoxy groups -OCH3 is 1. The van der Waals surface area contributed by atoms with Crippen LogP contribution < -0.4 is 5.32 Å². The van der Waals surface area contributed by atoms with Gasteiger partial charge in [-0.2, -0.15) is 0 Å². The van der Waals surface area contributed by atoms with Gasteiger partial charge in [0.05, 0.1) is 0 Å². The minimum atomic E-state index is -0.414. The SMILES string of the molecule is COCCC(C)NCc1cc(F)ccc1F. The molecular formula is C12H17F2NO. The van der Waals surface area contributed by atoms with Crippen molar-refractivity contribution in [2.24, 2.45) is 0 Å². The third kappa shape index (κ3) is 4.24. The van der Waals surface area contributed by atoms with E-state index in [9.17, 15) is 8.78 Å². The molecule has 0 heterocycles. The zero-order valence-corrected chi connectivity index (χ0v) is 9.59. The molecule has 0 amide bonds. The molecule has 1 unspecified atom stereocenters. The van der Waals surface area contributed by atoms with Gasteiger partial charge in [0.15, 0.2) is 0 Å². The Bertz CT molecular complexity index is 331. The molecule has 0 bridgehead atoms. The lowest BCUT2D eigenvalue weighted by Crippen LogP contribution is -2.27. The molecule has 0 aliphatic rings. The van der Waals surface area contributed by atoms with Crippen molar-refractivity contribution in [3.63, 3.8) is 0 Å². The van der Waals surface area contributed by atoms with E-state index in [1.54, 1.807) is 7.11 Å². The topological polar surface area (TPSA) is 21.3 Å². The lowest BCUT2D eigenvalue weighted by molar-refractivity contribution is 0.184. The average molecular weight is 229 g/mol. The molecule has 90 valence electrons. The van der Waals surface area contributed by atoms with Crippen LogP contribution in [-0.2, 0) is 11.3 Å². The van der Waals surface area contributed by atoms with Gasteiger partial charge >= 0.3 is 0 Å². The standard InChI is InChI=1S/C12H17F2NO/c1-9(5-6-16-2)15-8-10-7-11(13)3-4-12(10)14/h3-4,7,9,15H,5-6,8H2,1-2H3. The molecule has 0 fully saturated rings. The second-order valence-electron chi connectivity index (χ2n) is 3.80. The maximum atomic E-state index is 13.2. The van der Waals surface area contributed by atoms with Crippen LogP contribution in [0.15, 0.2) is 18.2 Å². The molecule has 0 aromatic heterocycles. The summed E-state index contributed by atoms with van der Waals surface area (Å²) in [5.41, 5.74) is 0.351. The van der Waals surface area contributed by atoms with Crippen LogP contribution in [0.3, 0.4) is 0 Å². The first-order valence-electron chi connectivity index (χ1n) is 5.29. The van der Waals surface area contributed by atoms with Crippen molar-refractivity contribution in [1.29, 1.82) is 0 Å². The average Bonchev–Trinajstić information content (AvgIpc) is 2.27. The Hall–Kier alpha value is -1.00. The Balaban J connectivity index is 2.44. The largest absolute Gasteiger partial charge is 0.385 e. The van der Waals surface area contributed by atoms with E-state index in [1.165, 1.54) is 6.07 Å². The molecule has 2 nitrogen and oxygen atoms in total. The number of benzene rings is 1. The van der Waals surface area contributed by atoms with Crippen molar-refractivity contribution >= 4 is 0 Å². The summed E-state index contributed by atoms with van der Waals surface area (Å²) < 4.78 is 31.0. The highest BCUT2D eigenvalue weighted by Gasteiger charge is 2.06. The van der Waals surface area contributed by atoms with Gasteiger partial charge in [0.2, 0.25) is 0 Å². The second-order valence-corrected chi connectivity index (χ2v) is 3.80. The molecule has 0 saturated carbocycles. The smallest absolute Gasteiger partial charge is 0.127 e. The van der Waals surface area contributed by atoms with E-state index in [0.29, 0.717) is 18.7 Å². The molecule has 1 aromatic rings. The molecule has 1 N–H and O–H groups in total. The van der Waals surface area contributed by atoms with Gasteiger partial charge in [0, 0.05) is 31.9 Å². The first-order valence-corrected chi connectivity index (χ1v) is 5.29. The second kappa shape index (κ2) is 6.55. The van der Waals surface area contributed by atoms with Gasteiger partial charge in [-0.1, -0.05) is 0 Å². The summed E-state index contributed by atoms with van der Waals surface area (Å²) >= 11 is 0. The number of ether oxygens (including phenoxy) is 1. The fraction of sp³-hybridized carbons (Fsp3) is 0.500. The lowest BCUT2D eigenvalue weighted by atomic mass is 10.2. The van der Waals surface area contributed by atoms with Crippen molar-refractivity contribution in [3.05, 3.63) is 35.4 Å². The molecule has 0 spiro atoms. The maximum Gasteiger partial charge on any atom is 0.127 e. The van der Waals surface area contributed by atoms with Gasteiger partial charge in [-0.3, -0.25) is 0 Å². The highest BCUT2D eigenvalue weighted by molar-refractivity contribution is 5.18. The molecule has 0 radical (unpaired) electrons. The van der Waals surface area contributed by atoms with E-state index in [1.807, 2.05) is 6.92 Å². The summed E-state index contributed by atoms with van der Waals surface area (Å²) in [6.45, 7) is 2.96. The van der Waals surface area contributed by atoms with E-state index >= 15 is 0 Å². The van der Waals surface area contributed by atoms with Crippen molar-refractivity contribution in [1.82, 2.24) is 5.32 Å². The van der Waals surface area contributed by atoms with E-state index in [0.717, 1.165) is 18.6 Å². The predicted molar refractivity (Wildman–Crippen MR) is 59.2 cm³/mol. The van der Waals surface area contributed by atoms with E-state index in [2.05, 4.69) is 5.32 Å². The number of hydrogen-bond acceptors (Lipinski definition) is 2. The minimum absolute atomic E-state index is 0.211. The summed E-state index contributed by atoms with van der Waals surface area (Å²) in [5.74, 6) is -0.796. The summed E-state index contributed by atoms with van der Waals surface area (Å²) in [6, 6.07) is 3.69. The van der Waals surface area contributed by atoms with E-state index in [-0.39, 0.29) is 11.9 Å². The molecule has 0 saturated heterocycles. The van der Waals surface area contributed by atoms with Crippen LogP contribution in [0.25, 0.3) is 0 Å². The zero-order valence-electron chi connectivity index (χ0n) is 9.59. The summed E-state index contributed by atoms with van der Waals surface area (Å²) in [5, 5.41) is 3.12. The molecule has 1 aromatic carbocycles. The monoisotopic (exact) mass is 229 g/mol. The molecule has 16 heavy (non-hydrogen) atoms. The highest BCUT2D eigenvalue weighted by Crippen LogP contribution is 2.09. The minimum Gasteiger partial charge on any atom is -0.385 e. The lowest BCUT2D eigenvalue weighted by Gasteiger charge is -2.13. The van der Waals surface area contributed by atoms with Crippen LogP contribution in [0.4, 0.5) is 8.78 Å². The van der Waals surface area contributed by atoms with Crippen LogP contribution in [0.5, 0.6) is 0 Å². The molecule has 0 aliphatic carbocycles. The first-order chi connectivity index (χ1) is 7.63. The van der Waals surface area contributed by atoms with Crippen LogP contribution in [0.2, 0.25) is 0 Å². The van der Waals surface area contributed by atoms with Crippen LogP contribution >= 0.6 is 0 Å². The van der Waals surface area contributed by atoms with Gasteiger partial charge in [0.1, 0.15) is 11.6 Å². The molecular weight excluding hydrogens is 212 g/mol. The van der Waals surface area contributed by atoms with Gasteiger partial charge in [-0.05, 0) is 31.5 Å². The third-order valence-corrected chi connectivity index (χ3v) is 2.40. The van der Waals surface area contributed by atoms with E-state index < -0.39 is 5.82 Å². The van der Waals surface area contributed by atoms with Crippen LogP contribution in [0.1, 0.15) is 18.9 Å². The predicted octanol–water partition coefficient (Wildman–Crippen LogP) is 2.48. The zero-order chi connectivity index (χ0) is 12.0. The van der Waals surface area contributed by atoms with Crippen LogP contribution in [-0.4, -0.2) is 19.8 Å². The van der Waals surface area contributed by atoms with Crippen molar-refractivity contribution < 1.29 is 13.5 Å². The molecule has 1 atom stereocenters. The fourth-order valence-electron chi connectivity index (χ4n) is 1.36. The number of rotatable bonds is 6. The first kappa shape index (κ1) is 13.1. The Morgan fingerprint density at radius 2 is 2.12 bits per heavy atom. The van der Waals surface area contributed by atoms with Gasteiger partial charge < -0.3 is 10.1 Å². The Morgan fingerprint density at radius 3 is 2.81 bits per heavy atom. The van der Waals surface area contributed by atoms with Crippen molar-refractivity contribution in [2.75, 3.05) is 13.7 Å². The van der Waals surface area contributed by atoms with Gasteiger partial charge in [0.25, 0.3) is 0 Å². The molecule has 4 heteroatoms. The Morgan fingerprint density at radius 1 is 1.38 bits per heavy atom. The van der Waals surface area contributed by atoms with Crippen LogP contribution in [0, 0.1) is 11.6 Å². The summed E-state index contributed by atoms with van der Waals surface area (Å²) in [6.07, 6.45) is 0.841. The highest BCUT2D eigenvalue weighted by atomic mass is 19.1. The molecule has 1 rings (SSSR count). The van der Waals surface area contributed by atoms with Gasteiger partial charge in [-0.15, -0.1) is 0 Å². The third-order valence-electron chi connectivity index (χ3n) is 2.40. The summed E-state index contributed by atoms with van der Waals surface area (Å²) in [4.78, 5) is 0. The number of hydrogen-bond donors (Lipinski definition) is 1. The Labute approximate surface area is 94.6 Å². The fourth-order valence-corrected chi connectivity index (χ4v) is 1.36. The quantitative estimate of drug-likeness (QED) is 0.809. The number of nitrogens with one attached hydrogen (secondary N) is 1. The van der Waals surface area contributed by atoms with Gasteiger partial charge in [-0.25, -0.2) is 8.78 Å².